The van der Waals surface area contributed by atoms with E-state index in [9.17, 15) is 4.79 Å². The zero-order valence-electron chi connectivity index (χ0n) is 12.6. The third-order valence-corrected chi connectivity index (χ3v) is 3.12. The van der Waals surface area contributed by atoms with Gasteiger partial charge in [-0.3, -0.25) is 9.78 Å². The number of nitrogens with two attached hydrogens (primary N) is 1. The maximum Gasteiger partial charge on any atom is 0.260 e. The summed E-state index contributed by atoms with van der Waals surface area (Å²) in [6.45, 7) is 6.46. The minimum atomic E-state index is -0.573. The molecule has 3 N–H and O–H groups in total. The fourth-order valence-electron chi connectivity index (χ4n) is 1.96. The van der Waals surface area contributed by atoms with E-state index in [4.69, 9.17) is 10.5 Å². The van der Waals surface area contributed by atoms with Gasteiger partial charge in [-0.15, -0.1) is 0 Å². The number of anilines is 1. The van der Waals surface area contributed by atoms with Crippen molar-refractivity contribution in [2.24, 2.45) is 5.92 Å². The molecule has 1 atom stereocenters. The van der Waals surface area contributed by atoms with Crippen LogP contribution in [0.15, 0.2) is 30.5 Å². The van der Waals surface area contributed by atoms with E-state index in [0.29, 0.717) is 29.4 Å². The molecule has 1 aromatic heterocycles. The first-order valence-electron chi connectivity index (χ1n) is 7.06. The number of nitrogen functional groups attached to an aromatic ring is 1. The Morgan fingerprint density at radius 3 is 2.81 bits per heavy atom. The summed E-state index contributed by atoms with van der Waals surface area (Å²) in [4.78, 5) is 16.2. The monoisotopic (exact) mass is 287 g/mol. The average molecular weight is 287 g/mol. The summed E-state index contributed by atoms with van der Waals surface area (Å²) in [6, 6.07) is 7.21. The topological polar surface area (TPSA) is 77.2 Å². The minimum Gasteiger partial charge on any atom is -0.480 e. The Hall–Kier alpha value is -2.30. The number of hydrogen-bond donors (Lipinski definition) is 2. The molecule has 1 aromatic carbocycles. The summed E-state index contributed by atoms with van der Waals surface area (Å²) >= 11 is 0. The number of nitrogens with zero attached hydrogens (tertiary/aromatic N) is 1. The SMILES string of the molecule is CC(C)CNC(=O)C(C)Oc1ccc(N)c2ncccc12. The summed E-state index contributed by atoms with van der Waals surface area (Å²) in [5, 5.41) is 3.66. The largest absolute Gasteiger partial charge is 0.480 e. The first-order valence-corrected chi connectivity index (χ1v) is 7.06. The zero-order chi connectivity index (χ0) is 15.4. The third kappa shape index (κ3) is 3.62. The number of carbonyl (C=O) groups is 1. The molecule has 0 saturated heterocycles. The molecule has 0 saturated carbocycles. The van der Waals surface area contributed by atoms with Crippen molar-refractivity contribution in [1.29, 1.82) is 0 Å². The zero-order valence-corrected chi connectivity index (χ0v) is 12.6. The van der Waals surface area contributed by atoms with Crippen molar-refractivity contribution in [3.05, 3.63) is 30.5 Å². The predicted molar refractivity (Wildman–Crippen MR) is 84.1 cm³/mol. The van der Waals surface area contributed by atoms with Gasteiger partial charge < -0.3 is 15.8 Å². The van der Waals surface area contributed by atoms with Gasteiger partial charge in [-0.2, -0.15) is 0 Å². The van der Waals surface area contributed by atoms with Crippen LogP contribution >= 0.6 is 0 Å². The van der Waals surface area contributed by atoms with E-state index in [2.05, 4.69) is 10.3 Å². The number of hydrogen-bond acceptors (Lipinski definition) is 4. The Labute approximate surface area is 124 Å². The maximum atomic E-state index is 12.0. The molecule has 0 fully saturated rings. The fraction of sp³-hybridized carbons (Fsp3) is 0.375. The third-order valence-electron chi connectivity index (χ3n) is 3.12. The van der Waals surface area contributed by atoms with E-state index < -0.39 is 6.10 Å². The Morgan fingerprint density at radius 1 is 1.33 bits per heavy atom. The summed E-state index contributed by atoms with van der Waals surface area (Å²) in [7, 11) is 0. The lowest BCUT2D eigenvalue weighted by atomic mass is 10.1. The van der Waals surface area contributed by atoms with E-state index in [1.807, 2.05) is 26.0 Å². The number of amides is 1. The van der Waals surface area contributed by atoms with Crippen LogP contribution in [0.1, 0.15) is 20.8 Å². The van der Waals surface area contributed by atoms with Crippen LogP contribution in [0, 0.1) is 5.92 Å². The van der Waals surface area contributed by atoms with Gasteiger partial charge in [0.2, 0.25) is 0 Å². The summed E-state index contributed by atoms with van der Waals surface area (Å²) in [5.41, 5.74) is 7.18. The molecule has 0 spiro atoms. The van der Waals surface area contributed by atoms with Crippen LogP contribution < -0.4 is 15.8 Å². The molecule has 1 unspecified atom stereocenters. The molecule has 2 rings (SSSR count). The highest BCUT2D eigenvalue weighted by Gasteiger charge is 2.16. The van der Waals surface area contributed by atoms with Crippen molar-refractivity contribution < 1.29 is 9.53 Å². The van der Waals surface area contributed by atoms with Crippen LogP contribution in [0.2, 0.25) is 0 Å². The van der Waals surface area contributed by atoms with Crippen LogP contribution in [0.4, 0.5) is 5.69 Å². The molecule has 0 aliphatic heterocycles. The normalized spacial score (nSPS) is 12.4. The fourth-order valence-corrected chi connectivity index (χ4v) is 1.96. The van der Waals surface area contributed by atoms with Gasteiger partial charge in [-0.05, 0) is 37.1 Å². The molecule has 5 nitrogen and oxygen atoms in total. The number of ether oxygens (including phenoxy) is 1. The number of carbonyl (C=O) groups excluding carboxylic acids is 1. The molecule has 21 heavy (non-hydrogen) atoms. The summed E-state index contributed by atoms with van der Waals surface area (Å²) in [6.07, 6.45) is 1.11. The summed E-state index contributed by atoms with van der Waals surface area (Å²) in [5.74, 6) is 0.889. The van der Waals surface area contributed by atoms with Gasteiger partial charge in [0, 0.05) is 18.1 Å². The van der Waals surface area contributed by atoms with Crippen LogP contribution in [0.3, 0.4) is 0 Å². The maximum absolute atomic E-state index is 12.0. The van der Waals surface area contributed by atoms with Gasteiger partial charge in [0.05, 0.1) is 11.2 Å². The van der Waals surface area contributed by atoms with Crippen molar-refractivity contribution in [3.8, 4) is 5.75 Å². The van der Waals surface area contributed by atoms with E-state index >= 15 is 0 Å². The number of pyridine rings is 1. The Bertz CT molecular complexity index is 640. The van der Waals surface area contributed by atoms with Gasteiger partial charge in [0.25, 0.3) is 5.91 Å². The number of nitrogens with one attached hydrogen (secondary N) is 1. The first kappa shape index (κ1) is 15.1. The Balaban J connectivity index is 2.16. The molecule has 0 aliphatic rings. The Kier molecular flexibility index (Phi) is 4.62. The van der Waals surface area contributed by atoms with Gasteiger partial charge in [-0.1, -0.05) is 13.8 Å². The second-order valence-corrected chi connectivity index (χ2v) is 5.45. The van der Waals surface area contributed by atoms with Crippen molar-refractivity contribution in [1.82, 2.24) is 10.3 Å². The van der Waals surface area contributed by atoms with Crippen molar-refractivity contribution >= 4 is 22.5 Å². The molecule has 2 aromatic rings. The average Bonchev–Trinajstić information content (AvgIpc) is 2.47. The first-order chi connectivity index (χ1) is 9.99. The highest BCUT2D eigenvalue weighted by molar-refractivity contribution is 5.94. The molecule has 0 radical (unpaired) electrons. The molecular formula is C16H21N3O2. The van der Waals surface area contributed by atoms with Crippen LogP contribution in [-0.4, -0.2) is 23.5 Å². The second-order valence-electron chi connectivity index (χ2n) is 5.45. The number of aromatic nitrogens is 1. The van der Waals surface area contributed by atoms with E-state index in [0.717, 1.165) is 5.39 Å². The van der Waals surface area contributed by atoms with Crippen LogP contribution in [0.25, 0.3) is 10.9 Å². The lowest BCUT2D eigenvalue weighted by Crippen LogP contribution is -2.38. The van der Waals surface area contributed by atoms with Crippen molar-refractivity contribution in [2.75, 3.05) is 12.3 Å². The quantitative estimate of drug-likeness (QED) is 0.828. The number of benzene rings is 1. The predicted octanol–water partition coefficient (Wildman–Crippen LogP) is 2.36. The van der Waals surface area contributed by atoms with E-state index in [-0.39, 0.29) is 5.91 Å². The smallest absolute Gasteiger partial charge is 0.260 e. The molecule has 1 amide bonds. The lowest BCUT2D eigenvalue weighted by molar-refractivity contribution is -0.127. The standard InChI is InChI=1S/C16H21N3O2/c1-10(2)9-19-16(20)11(3)21-14-7-6-13(17)15-12(14)5-4-8-18-15/h4-8,10-11H,9,17H2,1-3H3,(H,19,20). The van der Waals surface area contributed by atoms with Gasteiger partial charge in [0.1, 0.15) is 5.75 Å². The minimum absolute atomic E-state index is 0.127. The van der Waals surface area contributed by atoms with Crippen LogP contribution in [-0.2, 0) is 4.79 Å². The Morgan fingerprint density at radius 2 is 2.10 bits per heavy atom. The van der Waals surface area contributed by atoms with Gasteiger partial charge >= 0.3 is 0 Å². The summed E-state index contributed by atoms with van der Waals surface area (Å²) < 4.78 is 5.77. The highest BCUT2D eigenvalue weighted by atomic mass is 16.5. The molecule has 0 aliphatic carbocycles. The lowest BCUT2D eigenvalue weighted by Gasteiger charge is -2.17. The number of rotatable bonds is 5. The van der Waals surface area contributed by atoms with E-state index in [1.165, 1.54) is 0 Å². The van der Waals surface area contributed by atoms with Crippen molar-refractivity contribution in [2.45, 2.75) is 26.9 Å². The molecule has 0 bridgehead atoms. The molecule has 1 heterocycles. The van der Waals surface area contributed by atoms with Crippen LogP contribution in [0.5, 0.6) is 5.75 Å². The number of fused-ring (bicyclic) bond motifs is 1. The molecular weight excluding hydrogens is 266 g/mol. The second kappa shape index (κ2) is 6.43. The van der Waals surface area contributed by atoms with Gasteiger partial charge in [0.15, 0.2) is 6.10 Å². The van der Waals surface area contributed by atoms with Gasteiger partial charge in [-0.25, -0.2) is 0 Å². The van der Waals surface area contributed by atoms with Crippen molar-refractivity contribution in [3.63, 3.8) is 0 Å². The molecule has 112 valence electrons. The highest BCUT2D eigenvalue weighted by Crippen LogP contribution is 2.28. The van der Waals surface area contributed by atoms with E-state index in [1.54, 1.807) is 25.3 Å². The molecule has 5 heteroatoms.